The molecule has 100 valence electrons. The second kappa shape index (κ2) is 5.47. The highest BCUT2D eigenvalue weighted by Gasteiger charge is 2.15. The summed E-state index contributed by atoms with van der Waals surface area (Å²) in [6, 6.07) is 16.6. The molecule has 0 amide bonds. The van der Waals surface area contributed by atoms with Gasteiger partial charge < -0.3 is 9.47 Å². The van der Waals surface area contributed by atoms with Crippen LogP contribution in [0.4, 0.5) is 0 Å². The second-order valence-electron chi connectivity index (χ2n) is 4.40. The average Bonchev–Trinajstić information content (AvgIpc) is 2.53. The Labute approximate surface area is 122 Å². The number of hydrogen-bond donors (Lipinski definition) is 0. The lowest BCUT2D eigenvalue weighted by atomic mass is 10.0. The molecule has 1 aromatic heterocycles. The molecule has 0 unspecified atom stereocenters. The smallest absolute Gasteiger partial charge is 0.242 e. The van der Waals surface area contributed by atoms with Gasteiger partial charge in [-0.2, -0.15) is 0 Å². The number of benzene rings is 2. The van der Waals surface area contributed by atoms with Crippen LogP contribution in [0.3, 0.4) is 0 Å². The fourth-order valence-electron chi connectivity index (χ4n) is 2.30. The summed E-state index contributed by atoms with van der Waals surface area (Å²) in [5, 5.41) is 3.29. The van der Waals surface area contributed by atoms with E-state index in [0.717, 1.165) is 11.5 Å². The minimum atomic E-state index is 0.760. The Bertz CT molecular complexity index is 739. The number of ether oxygens (including phenoxy) is 2. The summed E-state index contributed by atoms with van der Waals surface area (Å²) in [6.45, 7) is 0. The van der Waals surface area contributed by atoms with Crippen molar-refractivity contribution in [2.45, 2.75) is 0 Å². The molecule has 0 aliphatic carbocycles. The van der Waals surface area contributed by atoms with Crippen LogP contribution in [0.2, 0.25) is 0 Å². The Kier molecular flexibility index (Phi) is 3.52. The number of methoxy groups -OCH3 is 2. The van der Waals surface area contributed by atoms with Gasteiger partial charge in [-0.05, 0) is 17.2 Å². The van der Waals surface area contributed by atoms with Crippen LogP contribution >= 0.6 is 11.3 Å². The monoisotopic (exact) mass is 283 g/mol. The molecule has 0 saturated carbocycles. The molecule has 0 N–H and O–H groups in total. The van der Waals surface area contributed by atoms with Gasteiger partial charge in [-0.3, -0.25) is 0 Å². The van der Waals surface area contributed by atoms with Gasteiger partial charge in [-0.25, -0.2) is 0 Å². The Balaban J connectivity index is 2.29. The maximum absolute atomic E-state index is 5.41. The summed E-state index contributed by atoms with van der Waals surface area (Å²) in [6.07, 6.45) is 0. The van der Waals surface area contributed by atoms with Gasteiger partial charge in [-0.15, -0.1) is 0 Å². The molecule has 0 aliphatic heterocycles. The third-order valence-electron chi connectivity index (χ3n) is 3.29. The first-order chi connectivity index (χ1) is 9.83. The van der Waals surface area contributed by atoms with Crippen LogP contribution in [0, 0.1) is 0 Å². The van der Waals surface area contributed by atoms with Crippen LogP contribution in [-0.2, 0) is 0 Å². The lowest BCUT2D eigenvalue weighted by molar-refractivity contribution is 0.356. The Morgan fingerprint density at radius 2 is 1.55 bits per heavy atom. The maximum Gasteiger partial charge on any atom is 0.242 e. The van der Waals surface area contributed by atoms with E-state index in [0.29, 0.717) is 0 Å². The lowest BCUT2D eigenvalue weighted by Gasteiger charge is -2.08. The van der Waals surface area contributed by atoms with E-state index in [2.05, 4.69) is 35.7 Å². The van der Waals surface area contributed by atoms with Gasteiger partial charge in [-0.1, -0.05) is 30.3 Å². The molecule has 2 aromatic carbocycles. The van der Waals surface area contributed by atoms with Gasteiger partial charge in [0, 0.05) is 6.07 Å². The highest BCUT2D eigenvalue weighted by Crippen LogP contribution is 2.38. The minimum absolute atomic E-state index is 0.760. The van der Waals surface area contributed by atoms with Crippen molar-refractivity contribution in [1.82, 2.24) is 0 Å². The van der Waals surface area contributed by atoms with Crippen LogP contribution in [0.15, 0.2) is 53.9 Å². The second-order valence-corrected chi connectivity index (χ2v) is 5.35. The van der Waals surface area contributed by atoms with Gasteiger partial charge in [0.1, 0.15) is 0 Å². The minimum Gasteiger partial charge on any atom is -0.493 e. The van der Waals surface area contributed by atoms with Gasteiger partial charge >= 0.3 is 0 Å². The average molecular weight is 283 g/mol. The van der Waals surface area contributed by atoms with Gasteiger partial charge in [0.15, 0.2) is 16.9 Å². The summed E-state index contributed by atoms with van der Waals surface area (Å²) >= 11 is 1.70. The fourth-order valence-corrected chi connectivity index (χ4v) is 3.12. The number of fused-ring (bicyclic) bond motifs is 1. The van der Waals surface area contributed by atoms with Gasteiger partial charge in [0.25, 0.3) is 0 Å². The summed E-state index contributed by atoms with van der Waals surface area (Å²) in [5.41, 5.74) is 2.41. The predicted molar refractivity (Wildman–Crippen MR) is 84.8 cm³/mol. The van der Waals surface area contributed by atoms with Crippen LogP contribution in [0.25, 0.3) is 21.2 Å². The van der Waals surface area contributed by atoms with E-state index in [-0.39, 0.29) is 0 Å². The Morgan fingerprint density at radius 1 is 0.850 bits per heavy atom. The van der Waals surface area contributed by atoms with Crippen LogP contribution in [0.5, 0.6) is 11.5 Å². The SMILES string of the molecule is COc1cc2[s+]ccc(-c3ccccc3)c2cc1OC. The van der Waals surface area contributed by atoms with Gasteiger partial charge in [0.2, 0.25) is 16.0 Å². The zero-order valence-electron chi connectivity index (χ0n) is 11.4. The lowest BCUT2D eigenvalue weighted by Crippen LogP contribution is -1.90. The molecule has 3 aromatic rings. The largest absolute Gasteiger partial charge is 0.493 e. The van der Waals surface area contributed by atoms with Crippen LogP contribution in [-0.4, -0.2) is 14.2 Å². The highest BCUT2D eigenvalue weighted by atomic mass is 32.1. The summed E-state index contributed by atoms with van der Waals surface area (Å²) < 4.78 is 12.0. The highest BCUT2D eigenvalue weighted by molar-refractivity contribution is 7.16. The van der Waals surface area contributed by atoms with Crippen molar-refractivity contribution >= 4 is 21.4 Å². The zero-order chi connectivity index (χ0) is 13.9. The predicted octanol–water partition coefficient (Wildman–Crippen LogP) is 4.87. The molecular weight excluding hydrogens is 268 g/mol. The third kappa shape index (κ3) is 2.21. The first-order valence-electron chi connectivity index (χ1n) is 6.35. The molecular formula is C17H15O2S+. The van der Waals surface area contributed by atoms with Crippen molar-refractivity contribution in [2.75, 3.05) is 14.2 Å². The van der Waals surface area contributed by atoms with Crippen molar-refractivity contribution in [3.63, 3.8) is 0 Å². The molecule has 0 spiro atoms. The van der Waals surface area contributed by atoms with Crippen LogP contribution in [0.1, 0.15) is 0 Å². The van der Waals surface area contributed by atoms with E-state index >= 15 is 0 Å². The topological polar surface area (TPSA) is 18.5 Å². The van der Waals surface area contributed by atoms with Crippen molar-refractivity contribution in [3.05, 3.63) is 53.9 Å². The number of hydrogen-bond acceptors (Lipinski definition) is 2. The normalized spacial score (nSPS) is 10.5. The quantitative estimate of drug-likeness (QED) is 0.639. The summed E-state index contributed by atoms with van der Waals surface area (Å²) in [4.78, 5) is 0. The molecule has 3 rings (SSSR count). The third-order valence-corrected chi connectivity index (χ3v) is 4.15. The van der Waals surface area contributed by atoms with E-state index in [9.17, 15) is 0 Å². The van der Waals surface area contributed by atoms with Crippen molar-refractivity contribution in [1.29, 1.82) is 0 Å². The van der Waals surface area contributed by atoms with E-state index in [1.807, 2.05) is 18.2 Å². The molecule has 0 saturated heterocycles. The first-order valence-corrected chi connectivity index (χ1v) is 7.23. The Hall–Kier alpha value is -2.13. The molecule has 0 atom stereocenters. The number of rotatable bonds is 3. The van der Waals surface area contributed by atoms with Crippen molar-refractivity contribution in [2.24, 2.45) is 0 Å². The van der Waals surface area contributed by atoms with E-state index < -0.39 is 0 Å². The Morgan fingerprint density at radius 3 is 2.25 bits per heavy atom. The molecule has 20 heavy (non-hydrogen) atoms. The fraction of sp³-hybridized carbons (Fsp3) is 0.118. The molecule has 1 heterocycles. The van der Waals surface area contributed by atoms with Gasteiger partial charge in [0.05, 0.1) is 25.7 Å². The molecule has 0 radical (unpaired) electrons. The summed E-state index contributed by atoms with van der Waals surface area (Å²) in [5.74, 6) is 1.53. The van der Waals surface area contributed by atoms with E-state index in [4.69, 9.17) is 9.47 Å². The maximum atomic E-state index is 5.41. The molecule has 0 fully saturated rings. The standard InChI is InChI=1S/C17H15O2S/c1-18-15-10-14-13(12-6-4-3-5-7-12)8-9-20-17(14)11-16(15)19-2/h3-11H,1-2H3/q+1. The molecule has 3 heteroatoms. The van der Waals surface area contributed by atoms with E-state index in [1.54, 1.807) is 25.6 Å². The van der Waals surface area contributed by atoms with Crippen molar-refractivity contribution < 1.29 is 9.47 Å². The van der Waals surface area contributed by atoms with Crippen LogP contribution < -0.4 is 9.47 Å². The molecule has 2 nitrogen and oxygen atoms in total. The zero-order valence-corrected chi connectivity index (χ0v) is 12.2. The van der Waals surface area contributed by atoms with E-state index in [1.165, 1.54) is 21.2 Å². The summed E-state index contributed by atoms with van der Waals surface area (Å²) in [7, 11) is 3.33. The van der Waals surface area contributed by atoms with Crippen molar-refractivity contribution in [3.8, 4) is 22.6 Å². The molecule has 0 bridgehead atoms. The molecule has 0 aliphatic rings. The first kappa shape index (κ1) is 12.9.